The number of fused-ring (bicyclic) bond motifs is 2. The van der Waals surface area contributed by atoms with E-state index in [-0.39, 0.29) is 0 Å². The number of benzene rings is 2. The van der Waals surface area contributed by atoms with Crippen molar-refractivity contribution in [3.8, 4) is 11.3 Å². The largest absolute Gasteiger partial charge is 0.350 e. The fourth-order valence-corrected chi connectivity index (χ4v) is 3.78. The van der Waals surface area contributed by atoms with Crippen molar-refractivity contribution >= 4 is 22.6 Å². The van der Waals surface area contributed by atoms with E-state index in [1.807, 2.05) is 25.2 Å². The molecule has 0 bridgehead atoms. The summed E-state index contributed by atoms with van der Waals surface area (Å²) in [6.07, 6.45) is 2.14. The number of imidazole rings is 2. The Morgan fingerprint density at radius 3 is 2.41 bits per heavy atom. The molecule has 2 aromatic carbocycles. The lowest BCUT2D eigenvalue weighted by molar-refractivity contribution is 0.909. The summed E-state index contributed by atoms with van der Waals surface area (Å²) < 4.78 is 4.27. The normalized spacial score (nSPS) is 11.4. The van der Waals surface area contributed by atoms with E-state index in [0.29, 0.717) is 6.54 Å². The minimum Gasteiger partial charge on any atom is -0.350 e. The quantitative estimate of drug-likeness (QED) is 0.470. The van der Waals surface area contributed by atoms with E-state index >= 15 is 0 Å². The molecule has 0 aliphatic heterocycles. The molecular weight excluding hydrogens is 358 g/mol. The van der Waals surface area contributed by atoms with Gasteiger partial charge in [0.2, 0.25) is 5.95 Å². The predicted octanol–water partition coefficient (Wildman–Crippen LogP) is 5.12. The summed E-state index contributed by atoms with van der Waals surface area (Å²) in [5.41, 5.74) is 8.75. The molecule has 0 amide bonds. The molecule has 5 rings (SSSR count). The van der Waals surface area contributed by atoms with E-state index in [2.05, 4.69) is 76.8 Å². The number of para-hydroxylation sites is 2. The highest BCUT2D eigenvalue weighted by Gasteiger charge is 2.15. The molecule has 0 aliphatic carbocycles. The Morgan fingerprint density at radius 1 is 0.862 bits per heavy atom. The van der Waals surface area contributed by atoms with Crippen molar-refractivity contribution in [2.24, 2.45) is 7.05 Å². The molecule has 0 saturated heterocycles. The van der Waals surface area contributed by atoms with E-state index in [0.717, 1.165) is 39.6 Å². The van der Waals surface area contributed by atoms with Crippen LogP contribution in [0, 0.1) is 13.8 Å². The molecule has 5 nitrogen and oxygen atoms in total. The van der Waals surface area contributed by atoms with E-state index in [1.165, 1.54) is 11.1 Å². The monoisotopic (exact) mass is 381 g/mol. The van der Waals surface area contributed by atoms with Crippen LogP contribution in [0.25, 0.3) is 27.9 Å². The van der Waals surface area contributed by atoms with E-state index < -0.39 is 0 Å². The Morgan fingerprint density at radius 2 is 1.62 bits per heavy atom. The van der Waals surface area contributed by atoms with Gasteiger partial charge in [0, 0.05) is 18.8 Å². The lowest BCUT2D eigenvalue weighted by Crippen LogP contribution is -2.08. The highest BCUT2D eigenvalue weighted by Crippen LogP contribution is 2.27. The fourth-order valence-electron chi connectivity index (χ4n) is 3.78. The summed E-state index contributed by atoms with van der Waals surface area (Å²) in [7, 11) is 2.04. The van der Waals surface area contributed by atoms with E-state index in [9.17, 15) is 0 Å². The molecule has 0 saturated carbocycles. The maximum Gasteiger partial charge on any atom is 0.203 e. The molecule has 0 unspecified atom stereocenters. The van der Waals surface area contributed by atoms with E-state index in [1.54, 1.807) is 0 Å². The third-order valence-corrected chi connectivity index (χ3v) is 5.39. The van der Waals surface area contributed by atoms with Gasteiger partial charge in [0.05, 0.1) is 29.0 Å². The van der Waals surface area contributed by atoms with Crippen LogP contribution >= 0.6 is 0 Å². The number of nitrogens with zero attached hydrogens (tertiary/aromatic N) is 4. The molecule has 1 N–H and O–H groups in total. The average molecular weight is 381 g/mol. The molecule has 0 spiro atoms. The first-order valence-corrected chi connectivity index (χ1v) is 9.80. The first kappa shape index (κ1) is 17.5. The molecule has 144 valence electrons. The third-order valence-electron chi connectivity index (χ3n) is 5.39. The summed E-state index contributed by atoms with van der Waals surface area (Å²) in [6.45, 7) is 4.84. The molecule has 0 radical (unpaired) electrons. The Bertz CT molecular complexity index is 1330. The summed E-state index contributed by atoms with van der Waals surface area (Å²) >= 11 is 0. The van der Waals surface area contributed by atoms with Crippen LogP contribution in [0.5, 0.6) is 0 Å². The zero-order valence-electron chi connectivity index (χ0n) is 16.8. The van der Waals surface area contributed by atoms with Crippen LogP contribution in [0.15, 0.2) is 66.9 Å². The molecule has 0 aliphatic rings. The van der Waals surface area contributed by atoms with Crippen molar-refractivity contribution in [2.45, 2.75) is 20.4 Å². The lowest BCUT2D eigenvalue weighted by atomic mass is 10.1. The van der Waals surface area contributed by atoms with Crippen LogP contribution in [0.3, 0.4) is 0 Å². The zero-order valence-corrected chi connectivity index (χ0v) is 16.8. The minimum atomic E-state index is 0.630. The van der Waals surface area contributed by atoms with Crippen LogP contribution < -0.4 is 5.32 Å². The Kier molecular flexibility index (Phi) is 4.09. The summed E-state index contributed by atoms with van der Waals surface area (Å²) in [5.74, 6) is 0.851. The second kappa shape index (κ2) is 6.78. The van der Waals surface area contributed by atoms with Crippen molar-refractivity contribution in [1.29, 1.82) is 0 Å². The number of rotatable bonds is 4. The van der Waals surface area contributed by atoms with Gasteiger partial charge >= 0.3 is 0 Å². The van der Waals surface area contributed by atoms with Gasteiger partial charge in [-0.05, 0) is 37.6 Å². The van der Waals surface area contributed by atoms with Gasteiger partial charge in [0.1, 0.15) is 5.65 Å². The average Bonchev–Trinajstić information content (AvgIpc) is 3.24. The van der Waals surface area contributed by atoms with Crippen molar-refractivity contribution < 1.29 is 0 Å². The maximum absolute atomic E-state index is 4.93. The number of aromatic nitrogens is 4. The second-order valence-electron chi connectivity index (χ2n) is 7.54. The number of anilines is 1. The molecule has 0 fully saturated rings. The number of pyridine rings is 1. The highest BCUT2D eigenvalue weighted by molar-refractivity contribution is 5.78. The molecule has 3 aromatic heterocycles. The standard InChI is InChI=1S/C24H23N5/c1-16-8-11-18(12-9-16)23-21(29-15-17(2)10-13-22(29)27-23)14-25-24-26-19-6-4-5-7-20(19)28(24)3/h4-13,15H,14H2,1-3H3,(H,25,26). The Labute approximate surface area is 169 Å². The first-order valence-electron chi connectivity index (χ1n) is 9.80. The molecule has 5 heteroatoms. The van der Waals surface area contributed by atoms with Crippen LogP contribution in [-0.4, -0.2) is 18.9 Å². The topological polar surface area (TPSA) is 47.1 Å². The summed E-state index contributed by atoms with van der Waals surface area (Å²) in [4.78, 5) is 9.67. The molecule has 0 atom stereocenters. The van der Waals surface area contributed by atoms with Crippen LogP contribution in [0.1, 0.15) is 16.8 Å². The Balaban J connectivity index is 1.58. The van der Waals surface area contributed by atoms with Gasteiger partial charge in [-0.3, -0.25) is 0 Å². The SMILES string of the molecule is Cc1ccc(-c2nc3ccc(C)cn3c2CNc2nc3ccccc3n2C)cc1. The molecule has 29 heavy (non-hydrogen) atoms. The van der Waals surface area contributed by atoms with Gasteiger partial charge in [0.15, 0.2) is 0 Å². The number of hydrogen-bond acceptors (Lipinski definition) is 3. The van der Waals surface area contributed by atoms with Crippen LogP contribution in [0.4, 0.5) is 5.95 Å². The first-order chi connectivity index (χ1) is 14.1. The Hall–Kier alpha value is -3.60. The molecule has 3 heterocycles. The third kappa shape index (κ3) is 3.05. The molecule has 5 aromatic rings. The summed E-state index contributed by atoms with van der Waals surface area (Å²) in [5, 5.41) is 3.53. The zero-order chi connectivity index (χ0) is 20.0. The van der Waals surface area contributed by atoms with E-state index in [4.69, 9.17) is 9.97 Å². The minimum absolute atomic E-state index is 0.630. The number of nitrogens with one attached hydrogen (secondary N) is 1. The number of aryl methyl sites for hydroxylation is 3. The van der Waals surface area contributed by atoms with Gasteiger partial charge < -0.3 is 14.3 Å². The van der Waals surface area contributed by atoms with Gasteiger partial charge in [0.25, 0.3) is 0 Å². The number of hydrogen-bond donors (Lipinski definition) is 1. The van der Waals surface area contributed by atoms with Crippen molar-refractivity contribution in [3.05, 3.63) is 83.7 Å². The maximum atomic E-state index is 4.93. The van der Waals surface area contributed by atoms with Crippen LogP contribution in [-0.2, 0) is 13.6 Å². The van der Waals surface area contributed by atoms with Gasteiger partial charge in [-0.15, -0.1) is 0 Å². The highest BCUT2D eigenvalue weighted by atomic mass is 15.2. The summed E-state index contributed by atoms with van der Waals surface area (Å²) in [6, 6.07) is 20.9. The van der Waals surface area contributed by atoms with Crippen molar-refractivity contribution in [2.75, 3.05) is 5.32 Å². The van der Waals surface area contributed by atoms with Gasteiger partial charge in [-0.1, -0.05) is 48.0 Å². The van der Waals surface area contributed by atoms with Crippen LogP contribution in [0.2, 0.25) is 0 Å². The van der Waals surface area contributed by atoms with Crippen molar-refractivity contribution in [3.63, 3.8) is 0 Å². The molecular formula is C24H23N5. The predicted molar refractivity (Wildman–Crippen MR) is 118 cm³/mol. The van der Waals surface area contributed by atoms with Crippen molar-refractivity contribution in [1.82, 2.24) is 18.9 Å². The smallest absolute Gasteiger partial charge is 0.203 e. The van der Waals surface area contributed by atoms with Gasteiger partial charge in [-0.2, -0.15) is 0 Å². The second-order valence-corrected chi connectivity index (χ2v) is 7.54. The fraction of sp³-hybridized carbons (Fsp3) is 0.167. The van der Waals surface area contributed by atoms with Gasteiger partial charge in [-0.25, -0.2) is 9.97 Å². The lowest BCUT2D eigenvalue weighted by Gasteiger charge is -2.09.